The SMILES string of the molecule is COc1cccc(CCC(=O)N2CCNC(=O)C2)c1. The molecule has 1 N–H and O–H groups in total. The van der Waals surface area contributed by atoms with Gasteiger partial charge in [-0.25, -0.2) is 0 Å². The molecule has 0 aliphatic carbocycles. The molecule has 5 heteroatoms. The number of aryl methyl sites for hydroxylation is 1. The molecule has 0 aromatic heterocycles. The summed E-state index contributed by atoms with van der Waals surface area (Å²) in [4.78, 5) is 24.8. The summed E-state index contributed by atoms with van der Waals surface area (Å²) in [6.07, 6.45) is 1.08. The van der Waals surface area contributed by atoms with Gasteiger partial charge in [0.05, 0.1) is 13.7 Å². The van der Waals surface area contributed by atoms with Crippen molar-refractivity contribution < 1.29 is 14.3 Å². The molecule has 0 spiro atoms. The van der Waals surface area contributed by atoms with Gasteiger partial charge >= 0.3 is 0 Å². The number of nitrogens with zero attached hydrogens (tertiary/aromatic N) is 1. The molecule has 1 aromatic rings. The van der Waals surface area contributed by atoms with E-state index in [1.54, 1.807) is 12.0 Å². The average molecular weight is 262 g/mol. The number of rotatable bonds is 4. The first-order chi connectivity index (χ1) is 9.19. The van der Waals surface area contributed by atoms with Crippen LogP contribution in [0.25, 0.3) is 0 Å². The lowest BCUT2D eigenvalue weighted by atomic mass is 10.1. The molecule has 1 saturated heterocycles. The van der Waals surface area contributed by atoms with Crippen LogP contribution in [0.15, 0.2) is 24.3 Å². The molecular formula is C14H18N2O3. The van der Waals surface area contributed by atoms with E-state index in [1.807, 2.05) is 24.3 Å². The van der Waals surface area contributed by atoms with Crippen LogP contribution in [0.1, 0.15) is 12.0 Å². The van der Waals surface area contributed by atoms with Crippen LogP contribution in [0.3, 0.4) is 0 Å². The second-order valence-electron chi connectivity index (χ2n) is 4.52. The molecule has 2 amide bonds. The Morgan fingerprint density at radius 2 is 2.32 bits per heavy atom. The average Bonchev–Trinajstić information content (AvgIpc) is 2.45. The largest absolute Gasteiger partial charge is 0.497 e. The highest BCUT2D eigenvalue weighted by atomic mass is 16.5. The van der Waals surface area contributed by atoms with Gasteiger partial charge in [-0.15, -0.1) is 0 Å². The fourth-order valence-electron chi connectivity index (χ4n) is 2.09. The number of piperazine rings is 1. The van der Waals surface area contributed by atoms with Crippen LogP contribution in [0.5, 0.6) is 5.75 Å². The first-order valence-electron chi connectivity index (χ1n) is 6.36. The minimum atomic E-state index is -0.0824. The van der Waals surface area contributed by atoms with E-state index in [0.717, 1.165) is 11.3 Å². The number of benzene rings is 1. The van der Waals surface area contributed by atoms with Gasteiger partial charge in [0.15, 0.2) is 0 Å². The maximum absolute atomic E-state index is 12.0. The predicted molar refractivity (Wildman–Crippen MR) is 70.9 cm³/mol. The molecule has 102 valence electrons. The van der Waals surface area contributed by atoms with Gasteiger partial charge in [-0.3, -0.25) is 9.59 Å². The van der Waals surface area contributed by atoms with E-state index in [4.69, 9.17) is 4.74 Å². The van der Waals surface area contributed by atoms with Gasteiger partial charge in [0.2, 0.25) is 11.8 Å². The van der Waals surface area contributed by atoms with Crippen molar-refractivity contribution >= 4 is 11.8 Å². The summed E-state index contributed by atoms with van der Waals surface area (Å²) < 4.78 is 5.14. The lowest BCUT2D eigenvalue weighted by molar-refractivity contribution is -0.138. The molecule has 0 saturated carbocycles. The number of hydrogen-bond donors (Lipinski definition) is 1. The number of ether oxygens (including phenoxy) is 1. The van der Waals surface area contributed by atoms with E-state index < -0.39 is 0 Å². The highest BCUT2D eigenvalue weighted by Crippen LogP contribution is 2.14. The standard InChI is InChI=1S/C14H18N2O3/c1-19-12-4-2-3-11(9-12)5-6-14(18)16-8-7-15-13(17)10-16/h2-4,9H,5-8,10H2,1H3,(H,15,17). The predicted octanol–water partition coefficient (Wildman–Crippen LogP) is 0.586. The highest BCUT2D eigenvalue weighted by Gasteiger charge is 2.20. The van der Waals surface area contributed by atoms with Crippen LogP contribution in [0.4, 0.5) is 0 Å². The summed E-state index contributed by atoms with van der Waals surface area (Å²) in [5, 5.41) is 2.71. The van der Waals surface area contributed by atoms with Crippen molar-refractivity contribution in [1.29, 1.82) is 0 Å². The van der Waals surface area contributed by atoms with E-state index in [1.165, 1.54) is 0 Å². The minimum Gasteiger partial charge on any atom is -0.497 e. The third kappa shape index (κ3) is 3.71. The Balaban J connectivity index is 1.87. The lowest BCUT2D eigenvalue weighted by Gasteiger charge is -2.26. The Bertz CT molecular complexity index is 474. The Labute approximate surface area is 112 Å². The molecule has 0 bridgehead atoms. The van der Waals surface area contributed by atoms with Crippen molar-refractivity contribution in [3.05, 3.63) is 29.8 Å². The maximum atomic E-state index is 12.0. The summed E-state index contributed by atoms with van der Waals surface area (Å²) in [7, 11) is 1.62. The topological polar surface area (TPSA) is 58.6 Å². The molecule has 5 nitrogen and oxygen atoms in total. The van der Waals surface area contributed by atoms with Crippen LogP contribution in [-0.4, -0.2) is 43.5 Å². The molecule has 1 heterocycles. The molecule has 1 aromatic carbocycles. The molecule has 1 aliphatic heterocycles. The zero-order valence-corrected chi connectivity index (χ0v) is 11.0. The summed E-state index contributed by atoms with van der Waals surface area (Å²) in [6, 6.07) is 7.68. The van der Waals surface area contributed by atoms with Crippen molar-refractivity contribution in [2.24, 2.45) is 0 Å². The molecule has 2 rings (SSSR count). The van der Waals surface area contributed by atoms with Crippen molar-refractivity contribution in [3.63, 3.8) is 0 Å². The summed E-state index contributed by atoms with van der Waals surface area (Å²) in [5.41, 5.74) is 1.06. The van der Waals surface area contributed by atoms with Gasteiger partial charge in [0, 0.05) is 19.5 Å². The number of carbonyl (C=O) groups excluding carboxylic acids is 2. The van der Waals surface area contributed by atoms with Crippen molar-refractivity contribution in [2.75, 3.05) is 26.7 Å². The highest BCUT2D eigenvalue weighted by molar-refractivity contribution is 5.85. The Hall–Kier alpha value is -2.04. The molecule has 0 atom stereocenters. The quantitative estimate of drug-likeness (QED) is 0.864. The molecule has 1 aliphatic rings. The molecule has 19 heavy (non-hydrogen) atoms. The van der Waals surface area contributed by atoms with E-state index in [-0.39, 0.29) is 18.4 Å². The van der Waals surface area contributed by atoms with E-state index >= 15 is 0 Å². The van der Waals surface area contributed by atoms with Crippen molar-refractivity contribution in [1.82, 2.24) is 10.2 Å². The Morgan fingerprint density at radius 3 is 3.05 bits per heavy atom. The summed E-state index contributed by atoms with van der Waals surface area (Å²) in [6.45, 7) is 1.32. The van der Waals surface area contributed by atoms with E-state index in [9.17, 15) is 9.59 Å². The fourth-order valence-corrected chi connectivity index (χ4v) is 2.09. The number of hydrogen-bond acceptors (Lipinski definition) is 3. The maximum Gasteiger partial charge on any atom is 0.239 e. The normalized spacial score (nSPS) is 15.0. The molecule has 0 unspecified atom stereocenters. The zero-order chi connectivity index (χ0) is 13.7. The Kier molecular flexibility index (Phi) is 4.39. The van der Waals surface area contributed by atoms with Crippen LogP contribution in [-0.2, 0) is 16.0 Å². The van der Waals surface area contributed by atoms with Gasteiger partial charge in [-0.1, -0.05) is 12.1 Å². The van der Waals surface area contributed by atoms with Gasteiger partial charge in [-0.05, 0) is 24.1 Å². The number of carbonyl (C=O) groups is 2. The third-order valence-corrected chi connectivity index (χ3v) is 3.15. The van der Waals surface area contributed by atoms with Crippen LogP contribution in [0, 0.1) is 0 Å². The monoisotopic (exact) mass is 262 g/mol. The van der Waals surface area contributed by atoms with Crippen LogP contribution in [0.2, 0.25) is 0 Å². The van der Waals surface area contributed by atoms with Crippen LogP contribution < -0.4 is 10.1 Å². The van der Waals surface area contributed by atoms with Crippen LogP contribution >= 0.6 is 0 Å². The zero-order valence-electron chi connectivity index (χ0n) is 11.0. The second kappa shape index (κ2) is 6.22. The number of nitrogens with one attached hydrogen (secondary N) is 1. The fraction of sp³-hybridized carbons (Fsp3) is 0.429. The third-order valence-electron chi connectivity index (χ3n) is 3.15. The lowest BCUT2D eigenvalue weighted by Crippen LogP contribution is -2.50. The van der Waals surface area contributed by atoms with Gasteiger partial charge in [-0.2, -0.15) is 0 Å². The van der Waals surface area contributed by atoms with Crippen molar-refractivity contribution in [2.45, 2.75) is 12.8 Å². The summed E-state index contributed by atoms with van der Waals surface area (Å²) in [5.74, 6) is 0.737. The van der Waals surface area contributed by atoms with Gasteiger partial charge < -0.3 is 15.0 Å². The van der Waals surface area contributed by atoms with E-state index in [2.05, 4.69) is 5.32 Å². The first kappa shape index (κ1) is 13.4. The molecule has 0 radical (unpaired) electrons. The second-order valence-corrected chi connectivity index (χ2v) is 4.52. The van der Waals surface area contributed by atoms with Crippen molar-refractivity contribution in [3.8, 4) is 5.75 Å². The number of amides is 2. The van der Waals surface area contributed by atoms with E-state index in [0.29, 0.717) is 25.9 Å². The molecular weight excluding hydrogens is 244 g/mol. The van der Waals surface area contributed by atoms with Gasteiger partial charge in [0.25, 0.3) is 0 Å². The van der Waals surface area contributed by atoms with Gasteiger partial charge in [0.1, 0.15) is 5.75 Å². The smallest absolute Gasteiger partial charge is 0.239 e. The number of methoxy groups -OCH3 is 1. The molecule has 1 fully saturated rings. The Morgan fingerprint density at radius 1 is 1.47 bits per heavy atom. The minimum absolute atomic E-state index is 0.0256. The first-order valence-corrected chi connectivity index (χ1v) is 6.36. The summed E-state index contributed by atoms with van der Waals surface area (Å²) >= 11 is 0.